The Labute approximate surface area is 158 Å². The summed E-state index contributed by atoms with van der Waals surface area (Å²) in [7, 11) is 3.68. The van der Waals surface area contributed by atoms with E-state index in [-0.39, 0.29) is 35.9 Å². The molecule has 0 radical (unpaired) electrons. The minimum Gasteiger partial charge on any atom is -0.357 e. The van der Waals surface area contributed by atoms with Crippen LogP contribution in [0.3, 0.4) is 0 Å². The van der Waals surface area contributed by atoms with E-state index in [0.29, 0.717) is 0 Å². The maximum atomic E-state index is 12.1. The van der Waals surface area contributed by atoms with Gasteiger partial charge in [-0.1, -0.05) is 6.92 Å². The minimum absolute atomic E-state index is 0. The molecule has 1 amide bonds. The van der Waals surface area contributed by atoms with Gasteiger partial charge in [0.15, 0.2) is 5.96 Å². The van der Waals surface area contributed by atoms with Crippen LogP contribution in [0.15, 0.2) is 4.99 Å². The first kappa shape index (κ1) is 22.4. The monoisotopic (exact) mass is 439 g/mol. The summed E-state index contributed by atoms with van der Waals surface area (Å²) < 4.78 is 0. The molecule has 0 saturated carbocycles. The molecule has 0 spiro atoms. The number of guanidine groups is 1. The van der Waals surface area contributed by atoms with E-state index in [1.165, 1.54) is 0 Å². The lowest BCUT2D eigenvalue weighted by atomic mass is 10.2. The van der Waals surface area contributed by atoms with E-state index in [2.05, 4.69) is 34.4 Å². The highest BCUT2D eigenvalue weighted by atomic mass is 127. The van der Waals surface area contributed by atoms with Crippen LogP contribution >= 0.6 is 24.0 Å². The van der Waals surface area contributed by atoms with Gasteiger partial charge in [0.25, 0.3) is 0 Å². The van der Waals surface area contributed by atoms with Crippen LogP contribution in [0.25, 0.3) is 0 Å². The molecule has 1 aliphatic rings. The fourth-order valence-electron chi connectivity index (χ4n) is 2.73. The summed E-state index contributed by atoms with van der Waals surface area (Å²) >= 11 is 0. The Hall–Kier alpha value is -0.570. The van der Waals surface area contributed by atoms with Gasteiger partial charge in [0, 0.05) is 40.3 Å². The Bertz CT molecular complexity index is 362. The number of carbonyl (C=O) groups is 1. The lowest BCUT2D eigenvalue weighted by Gasteiger charge is -2.26. The standard InChI is InChI=1S/C16H33N5O.HI/c1-5-10-18-16(17-6-2)19-11-8-13-21-12-7-9-14(21)15(22)20(3)4;/h14H,5-13H2,1-4H3,(H2,17,18,19);1H. The van der Waals surface area contributed by atoms with Gasteiger partial charge in [-0.15, -0.1) is 24.0 Å². The molecule has 1 unspecified atom stereocenters. The largest absolute Gasteiger partial charge is 0.357 e. The average molecular weight is 439 g/mol. The van der Waals surface area contributed by atoms with Gasteiger partial charge in [-0.05, 0) is 39.2 Å². The van der Waals surface area contributed by atoms with Gasteiger partial charge < -0.3 is 15.5 Å². The molecule has 1 rings (SSSR count). The second-order valence-corrected chi connectivity index (χ2v) is 5.97. The summed E-state index contributed by atoms with van der Waals surface area (Å²) in [6.07, 6.45) is 4.19. The van der Waals surface area contributed by atoms with Gasteiger partial charge in [-0.25, -0.2) is 0 Å². The van der Waals surface area contributed by atoms with Gasteiger partial charge in [0.1, 0.15) is 0 Å². The van der Waals surface area contributed by atoms with E-state index in [0.717, 1.165) is 64.4 Å². The van der Waals surface area contributed by atoms with Crippen molar-refractivity contribution in [2.75, 3.05) is 46.8 Å². The molecule has 0 bridgehead atoms. The van der Waals surface area contributed by atoms with Crippen molar-refractivity contribution in [2.24, 2.45) is 4.99 Å². The zero-order valence-corrected chi connectivity index (χ0v) is 17.4. The molecule has 1 aliphatic heterocycles. The molecule has 0 aromatic rings. The van der Waals surface area contributed by atoms with Crippen LogP contribution in [0.5, 0.6) is 0 Å². The molecular formula is C16H34IN5O. The summed E-state index contributed by atoms with van der Waals surface area (Å²) in [5.74, 6) is 1.13. The molecule has 0 aromatic heterocycles. The predicted molar refractivity (Wildman–Crippen MR) is 108 cm³/mol. The van der Waals surface area contributed by atoms with Crippen molar-refractivity contribution in [2.45, 2.75) is 45.6 Å². The van der Waals surface area contributed by atoms with Crippen molar-refractivity contribution in [3.63, 3.8) is 0 Å². The fourth-order valence-corrected chi connectivity index (χ4v) is 2.73. The third-order valence-electron chi connectivity index (χ3n) is 3.84. The fraction of sp³-hybridized carbons (Fsp3) is 0.875. The van der Waals surface area contributed by atoms with Crippen LogP contribution in [0, 0.1) is 0 Å². The highest BCUT2D eigenvalue weighted by Gasteiger charge is 2.30. The van der Waals surface area contributed by atoms with E-state index in [4.69, 9.17) is 0 Å². The molecule has 1 fully saturated rings. The molecule has 23 heavy (non-hydrogen) atoms. The Morgan fingerprint density at radius 1 is 1.30 bits per heavy atom. The summed E-state index contributed by atoms with van der Waals surface area (Å²) in [6.45, 7) is 8.81. The number of carbonyl (C=O) groups excluding carboxylic acids is 1. The first-order valence-electron chi connectivity index (χ1n) is 8.57. The molecule has 1 heterocycles. The molecule has 0 aromatic carbocycles. The van der Waals surface area contributed by atoms with Crippen LogP contribution in [-0.2, 0) is 4.79 Å². The zero-order chi connectivity index (χ0) is 16.4. The van der Waals surface area contributed by atoms with Gasteiger partial charge in [-0.3, -0.25) is 14.7 Å². The van der Waals surface area contributed by atoms with E-state index in [9.17, 15) is 4.79 Å². The van der Waals surface area contributed by atoms with Gasteiger partial charge in [0.05, 0.1) is 6.04 Å². The predicted octanol–water partition coefficient (Wildman–Crippen LogP) is 1.51. The zero-order valence-electron chi connectivity index (χ0n) is 15.1. The lowest BCUT2D eigenvalue weighted by Crippen LogP contribution is -2.44. The number of aliphatic imine (C=N–C) groups is 1. The lowest BCUT2D eigenvalue weighted by molar-refractivity contribution is -0.133. The van der Waals surface area contributed by atoms with Crippen LogP contribution in [0.1, 0.15) is 39.5 Å². The number of hydrogen-bond donors (Lipinski definition) is 2. The van der Waals surface area contributed by atoms with Crippen LogP contribution in [0.4, 0.5) is 0 Å². The molecule has 7 heteroatoms. The van der Waals surface area contributed by atoms with Crippen molar-refractivity contribution in [1.82, 2.24) is 20.4 Å². The van der Waals surface area contributed by atoms with Gasteiger partial charge in [0.2, 0.25) is 5.91 Å². The minimum atomic E-state index is 0. The molecule has 6 nitrogen and oxygen atoms in total. The molecule has 1 saturated heterocycles. The second kappa shape index (κ2) is 12.8. The van der Waals surface area contributed by atoms with Crippen molar-refractivity contribution >= 4 is 35.8 Å². The number of rotatable bonds is 8. The van der Waals surface area contributed by atoms with E-state index in [1.807, 2.05) is 14.1 Å². The maximum absolute atomic E-state index is 12.1. The van der Waals surface area contributed by atoms with Crippen molar-refractivity contribution in [1.29, 1.82) is 0 Å². The Balaban J connectivity index is 0.00000484. The normalized spacial score (nSPS) is 18.4. The number of likely N-dealkylation sites (tertiary alicyclic amines) is 1. The number of likely N-dealkylation sites (N-methyl/N-ethyl adjacent to an activating group) is 1. The van der Waals surface area contributed by atoms with Crippen molar-refractivity contribution < 1.29 is 4.79 Å². The number of amides is 1. The van der Waals surface area contributed by atoms with Crippen LogP contribution < -0.4 is 10.6 Å². The van der Waals surface area contributed by atoms with Crippen molar-refractivity contribution in [3.8, 4) is 0 Å². The number of nitrogens with zero attached hydrogens (tertiary/aromatic N) is 3. The van der Waals surface area contributed by atoms with E-state index in [1.54, 1.807) is 4.90 Å². The first-order chi connectivity index (χ1) is 10.6. The van der Waals surface area contributed by atoms with Crippen molar-refractivity contribution in [3.05, 3.63) is 0 Å². The highest BCUT2D eigenvalue weighted by molar-refractivity contribution is 14.0. The third-order valence-corrected chi connectivity index (χ3v) is 3.84. The Morgan fingerprint density at radius 3 is 2.65 bits per heavy atom. The summed E-state index contributed by atoms with van der Waals surface area (Å²) in [6, 6.07) is 0.0806. The molecule has 0 aliphatic carbocycles. The molecule has 136 valence electrons. The van der Waals surface area contributed by atoms with Gasteiger partial charge in [-0.2, -0.15) is 0 Å². The summed E-state index contributed by atoms with van der Waals surface area (Å²) in [4.78, 5) is 20.7. The highest BCUT2D eigenvalue weighted by Crippen LogP contribution is 2.18. The first-order valence-corrected chi connectivity index (χ1v) is 8.57. The SMILES string of the molecule is CCCN=C(NCC)NCCCN1CCCC1C(=O)N(C)C.I. The Morgan fingerprint density at radius 2 is 2.04 bits per heavy atom. The quantitative estimate of drug-likeness (QED) is 0.261. The van der Waals surface area contributed by atoms with Crippen LogP contribution in [0.2, 0.25) is 0 Å². The molecule has 2 N–H and O–H groups in total. The number of nitrogens with one attached hydrogen (secondary N) is 2. The van der Waals surface area contributed by atoms with Gasteiger partial charge >= 0.3 is 0 Å². The Kier molecular flexibility index (Phi) is 12.5. The van der Waals surface area contributed by atoms with Crippen LogP contribution in [-0.4, -0.2) is 74.5 Å². The number of hydrogen-bond acceptors (Lipinski definition) is 3. The average Bonchev–Trinajstić information content (AvgIpc) is 2.96. The molecule has 1 atom stereocenters. The summed E-state index contributed by atoms with van der Waals surface area (Å²) in [5.41, 5.74) is 0. The smallest absolute Gasteiger partial charge is 0.239 e. The number of halogens is 1. The summed E-state index contributed by atoms with van der Waals surface area (Å²) in [5, 5.41) is 6.62. The van der Waals surface area contributed by atoms with E-state index < -0.39 is 0 Å². The molecular weight excluding hydrogens is 405 g/mol. The van der Waals surface area contributed by atoms with E-state index >= 15 is 0 Å². The second-order valence-electron chi connectivity index (χ2n) is 5.97. The topological polar surface area (TPSA) is 60.0 Å². The third kappa shape index (κ3) is 8.19. The maximum Gasteiger partial charge on any atom is 0.239 e.